The second kappa shape index (κ2) is 6.06. The molecule has 1 atom stereocenters. The number of hydrogen-bond acceptors (Lipinski definition) is 4. The molecule has 0 saturated carbocycles. The van der Waals surface area contributed by atoms with Crippen LogP contribution in [0.15, 0.2) is 53.6 Å². The van der Waals surface area contributed by atoms with E-state index in [4.69, 9.17) is 0 Å². The molecular formula is C16H19N3O2S. The zero-order chi connectivity index (χ0) is 15.6. The van der Waals surface area contributed by atoms with E-state index < -0.39 is 10.0 Å². The molecule has 1 aliphatic rings. The Labute approximate surface area is 131 Å². The van der Waals surface area contributed by atoms with Crippen molar-refractivity contribution in [3.8, 4) is 0 Å². The lowest BCUT2D eigenvalue weighted by molar-refractivity contribution is 0.396. The van der Waals surface area contributed by atoms with Crippen LogP contribution in [0.2, 0.25) is 0 Å². The van der Waals surface area contributed by atoms with E-state index in [2.05, 4.69) is 10.3 Å². The summed E-state index contributed by atoms with van der Waals surface area (Å²) in [6.07, 6.45) is 3.42. The fourth-order valence-electron chi connectivity index (χ4n) is 2.88. The second-order valence-electron chi connectivity index (χ2n) is 5.31. The normalized spacial score (nSPS) is 19.2. The Balaban J connectivity index is 1.96. The Morgan fingerprint density at radius 2 is 2.00 bits per heavy atom. The molecule has 1 aromatic heterocycles. The van der Waals surface area contributed by atoms with E-state index >= 15 is 0 Å². The molecular weight excluding hydrogens is 298 g/mol. The molecule has 5 nitrogen and oxygen atoms in total. The minimum absolute atomic E-state index is 0.125. The zero-order valence-corrected chi connectivity index (χ0v) is 13.3. The van der Waals surface area contributed by atoms with Gasteiger partial charge in [-0.15, -0.1) is 0 Å². The van der Waals surface area contributed by atoms with Gasteiger partial charge in [-0.2, -0.15) is 4.31 Å². The molecule has 0 aliphatic carbocycles. The largest absolute Gasteiger partial charge is 0.373 e. The standard InChI is InChI=1S/C16H19N3O2S/c1-17-16-12-13(9-10-18-16)15-8-5-11-19(15)22(20,21)14-6-3-2-4-7-14/h2-4,6-7,9-10,12,15H,5,8,11H2,1H3,(H,17,18). The van der Waals surface area contributed by atoms with Crippen LogP contribution in [0.1, 0.15) is 24.4 Å². The van der Waals surface area contributed by atoms with Crippen LogP contribution in [0.25, 0.3) is 0 Å². The number of anilines is 1. The number of benzene rings is 1. The van der Waals surface area contributed by atoms with Crippen LogP contribution >= 0.6 is 0 Å². The molecule has 1 aromatic carbocycles. The third-order valence-electron chi connectivity index (χ3n) is 3.98. The van der Waals surface area contributed by atoms with Gasteiger partial charge >= 0.3 is 0 Å². The summed E-state index contributed by atoms with van der Waals surface area (Å²) in [4.78, 5) is 4.55. The van der Waals surface area contributed by atoms with Gasteiger partial charge in [-0.1, -0.05) is 18.2 Å². The van der Waals surface area contributed by atoms with Crippen molar-refractivity contribution in [1.82, 2.24) is 9.29 Å². The molecule has 1 N–H and O–H groups in total. The van der Waals surface area contributed by atoms with Crippen LogP contribution in [-0.4, -0.2) is 31.3 Å². The third kappa shape index (κ3) is 2.71. The van der Waals surface area contributed by atoms with Gasteiger partial charge in [0.2, 0.25) is 10.0 Å². The Hall–Kier alpha value is -1.92. The maximum Gasteiger partial charge on any atom is 0.243 e. The van der Waals surface area contributed by atoms with Crippen molar-refractivity contribution in [2.75, 3.05) is 18.9 Å². The number of sulfonamides is 1. The molecule has 22 heavy (non-hydrogen) atoms. The zero-order valence-electron chi connectivity index (χ0n) is 12.4. The van der Waals surface area contributed by atoms with Gasteiger partial charge in [-0.3, -0.25) is 0 Å². The van der Waals surface area contributed by atoms with Crippen molar-refractivity contribution in [3.63, 3.8) is 0 Å². The lowest BCUT2D eigenvalue weighted by atomic mass is 10.1. The number of nitrogens with zero attached hydrogens (tertiary/aromatic N) is 2. The molecule has 2 heterocycles. The van der Waals surface area contributed by atoms with Crippen LogP contribution in [0.5, 0.6) is 0 Å². The summed E-state index contributed by atoms with van der Waals surface area (Å²) in [6.45, 7) is 0.555. The van der Waals surface area contributed by atoms with Gasteiger partial charge in [0.15, 0.2) is 0 Å². The first kappa shape index (κ1) is 15.0. The maximum absolute atomic E-state index is 12.9. The number of rotatable bonds is 4. The van der Waals surface area contributed by atoms with Crippen LogP contribution in [0.4, 0.5) is 5.82 Å². The van der Waals surface area contributed by atoms with Gasteiger partial charge in [-0.25, -0.2) is 13.4 Å². The average Bonchev–Trinajstić information content (AvgIpc) is 3.06. The van der Waals surface area contributed by atoms with Crippen molar-refractivity contribution in [2.24, 2.45) is 0 Å². The summed E-state index contributed by atoms with van der Waals surface area (Å²) < 4.78 is 27.3. The molecule has 6 heteroatoms. The average molecular weight is 317 g/mol. The van der Waals surface area contributed by atoms with Crippen LogP contribution < -0.4 is 5.32 Å². The molecule has 1 unspecified atom stereocenters. The van der Waals surface area contributed by atoms with E-state index in [1.807, 2.05) is 18.2 Å². The lowest BCUT2D eigenvalue weighted by Gasteiger charge is -2.24. The Morgan fingerprint density at radius 1 is 1.23 bits per heavy atom. The Kier molecular flexibility index (Phi) is 4.13. The minimum atomic E-state index is -3.46. The van der Waals surface area contributed by atoms with Crippen molar-refractivity contribution in [3.05, 3.63) is 54.2 Å². The van der Waals surface area contributed by atoms with Crippen LogP contribution in [0, 0.1) is 0 Å². The van der Waals surface area contributed by atoms with Gasteiger partial charge < -0.3 is 5.32 Å². The third-order valence-corrected chi connectivity index (χ3v) is 5.90. The first-order chi connectivity index (χ1) is 10.6. The minimum Gasteiger partial charge on any atom is -0.373 e. The summed E-state index contributed by atoms with van der Waals surface area (Å²) in [5.41, 5.74) is 0.983. The van der Waals surface area contributed by atoms with Crippen LogP contribution in [0.3, 0.4) is 0 Å². The van der Waals surface area contributed by atoms with Gasteiger partial charge in [0.25, 0.3) is 0 Å². The predicted octanol–water partition coefficient (Wildman–Crippen LogP) is 2.65. The number of aromatic nitrogens is 1. The smallest absolute Gasteiger partial charge is 0.243 e. The molecule has 1 aliphatic heterocycles. The number of hydrogen-bond donors (Lipinski definition) is 1. The monoisotopic (exact) mass is 317 g/mol. The van der Waals surface area contributed by atoms with Gasteiger partial charge in [0.1, 0.15) is 5.82 Å². The van der Waals surface area contributed by atoms with Gasteiger partial charge in [-0.05, 0) is 42.7 Å². The highest BCUT2D eigenvalue weighted by Gasteiger charge is 2.36. The summed E-state index contributed by atoms with van der Waals surface area (Å²) in [5.74, 6) is 0.751. The van der Waals surface area contributed by atoms with E-state index in [1.54, 1.807) is 41.8 Å². The van der Waals surface area contributed by atoms with E-state index in [-0.39, 0.29) is 6.04 Å². The summed E-state index contributed by atoms with van der Waals surface area (Å²) >= 11 is 0. The van der Waals surface area contributed by atoms with Crippen LogP contribution in [-0.2, 0) is 10.0 Å². The van der Waals surface area contributed by atoms with Crippen molar-refractivity contribution >= 4 is 15.8 Å². The van der Waals surface area contributed by atoms with Crippen molar-refractivity contribution < 1.29 is 8.42 Å². The SMILES string of the molecule is CNc1cc(C2CCCN2S(=O)(=O)c2ccccc2)ccn1. The molecule has 3 rings (SSSR count). The summed E-state index contributed by atoms with van der Waals surface area (Å²) in [7, 11) is -1.66. The predicted molar refractivity (Wildman–Crippen MR) is 86.1 cm³/mol. The van der Waals surface area contributed by atoms with E-state index in [0.717, 1.165) is 24.2 Å². The molecule has 0 bridgehead atoms. The molecule has 0 radical (unpaired) electrons. The lowest BCUT2D eigenvalue weighted by Crippen LogP contribution is -2.30. The quantitative estimate of drug-likeness (QED) is 0.941. The van der Waals surface area contributed by atoms with Crippen molar-refractivity contribution in [2.45, 2.75) is 23.8 Å². The van der Waals surface area contributed by atoms with E-state index in [9.17, 15) is 8.42 Å². The molecule has 116 valence electrons. The first-order valence-corrected chi connectivity index (χ1v) is 8.77. The summed E-state index contributed by atoms with van der Waals surface area (Å²) in [5, 5.41) is 3.00. The fraction of sp³-hybridized carbons (Fsp3) is 0.312. The van der Waals surface area contributed by atoms with Crippen molar-refractivity contribution in [1.29, 1.82) is 0 Å². The highest BCUT2D eigenvalue weighted by Crippen LogP contribution is 2.36. The Bertz CT molecular complexity index is 747. The molecule has 1 saturated heterocycles. The van der Waals surface area contributed by atoms with E-state index in [0.29, 0.717) is 11.4 Å². The maximum atomic E-state index is 12.9. The Morgan fingerprint density at radius 3 is 2.73 bits per heavy atom. The molecule has 0 amide bonds. The summed E-state index contributed by atoms with van der Waals surface area (Å²) in [6, 6.07) is 12.3. The molecule has 2 aromatic rings. The molecule has 0 spiro atoms. The fourth-order valence-corrected chi connectivity index (χ4v) is 4.58. The first-order valence-electron chi connectivity index (χ1n) is 7.33. The number of pyridine rings is 1. The number of nitrogens with one attached hydrogen (secondary N) is 1. The second-order valence-corrected chi connectivity index (χ2v) is 7.20. The topological polar surface area (TPSA) is 62.3 Å². The highest BCUT2D eigenvalue weighted by molar-refractivity contribution is 7.89. The van der Waals surface area contributed by atoms with Gasteiger partial charge in [0, 0.05) is 19.8 Å². The van der Waals surface area contributed by atoms with E-state index in [1.165, 1.54) is 0 Å². The molecule has 1 fully saturated rings. The van der Waals surface area contributed by atoms with Gasteiger partial charge in [0.05, 0.1) is 10.9 Å². The highest BCUT2D eigenvalue weighted by atomic mass is 32.2.